The van der Waals surface area contributed by atoms with Crippen molar-refractivity contribution in [3.05, 3.63) is 16.5 Å². The summed E-state index contributed by atoms with van der Waals surface area (Å²) in [5.41, 5.74) is 0. The molecule has 20 heavy (non-hydrogen) atoms. The molecule has 0 aromatic carbocycles. The molecule has 1 aromatic heterocycles. The normalized spacial score (nSPS) is 12.6. The van der Waals surface area contributed by atoms with E-state index in [0.29, 0.717) is 0 Å². The Bertz CT molecular complexity index is 595. The number of halogens is 4. The first kappa shape index (κ1) is 17.0. The van der Waals surface area contributed by atoms with E-state index in [1.807, 2.05) is 4.72 Å². The zero-order chi connectivity index (χ0) is 15.6. The fourth-order valence-electron chi connectivity index (χ4n) is 1.21. The molecule has 0 aliphatic carbocycles. The molecule has 114 valence electrons. The van der Waals surface area contributed by atoms with Crippen LogP contribution < -0.4 is 4.72 Å². The van der Waals surface area contributed by atoms with Gasteiger partial charge in [-0.3, -0.25) is 0 Å². The van der Waals surface area contributed by atoms with Gasteiger partial charge in [0, 0.05) is 19.0 Å². The van der Waals surface area contributed by atoms with E-state index in [1.165, 1.54) is 0 Å². The van der Waals surface area contributed by atoms with Gasteiger partial charge in [0.25, 0.3) is 0 Å². The van der Waals surface area contributed by atoms with Crippen LogP contribution in [0.15, 0.2) is 20.0 Å². The summed E-state index contributed by atoms with van der Waals surface area (Å²) in [7, 11) is -4.14. The maximum Gasteiger partial charge on any atom is 0.389 e. The molecule has 2 N–H and O–H groups in total. The SMILES string of the molecule is O=C(O)c1cc(S(=O)(=O)NCCCC(F)(F)F)c(Br)o1. The van der Waals surface area contributed by atoms with Gasteiger partial charge in [0.2, 0.25) is 15.8 Å². The first-order valence-electron chi connectivity index (χ1n) is 5.12. The van der Waals surface area contributed by atoms with E-state index in [2.05, 4.69) is 20.3 Å². The van der Waals surface area contributed by atoms with E-state index in [-0.39, 0.29) is 4.67 Å². The minimum atomic E-state index is -4.36. The van der Waals surface area contributed by atoms with E-state index < -0.39 is 52.2 Å². The van der Waals surface area contributed by atoms with Gasteiger partial charge >= 0.3 is 12.1 Å². The van der Waals surface area contributed by atoms with Gasteiger partial charge in [-0.15, -0.1) is 0 Å². The van der Waals surface area contributed by atoms with Crippen molar-refractivity contribution >= 4 is 31.9 Å². The van der Waals surface area contributed by atoms with Crippen molar-refractivity contribution in [2.24, 2.45) is 0 Å². The van der Waals surface area contributed by atoms with E-state index >= 15 is 0 Å². The van der Waals surface area contributed by atoms with Crippen LogP contribution in [-0.2, 0) is 10.0 Å². The number of carboxylic acid groups (broad SMARTS) is 1. The summed E-state index contributed by atoms with van der Waals surface area (Å²) < 4.78 is 65.4. The predicted octanol–water partition coefficient (Wildman–Crippen LogP) is 2.36. The van der Waals surface area contributed by atoms with Crippen LogP contribution in [0.4, 0.5) is 13.2 Å². The molecule has 11 heteroatoms. The molecular formula is C9H9BrF3NO5S. The molecule has 0 unspecified atom stereocenters. The molecule has 0 saturated carbocycles. The second-order valence-corrected chi connectivity index (χ2v) is 6.13. The highest BCUT2D eigenvalue weighted by Gasteiger charge is 2.28. The molecule has 0 radical (unpaired) electrons. The minimum absolute atomic E-state index is 0.335. The van der Waals surface area contributed by atoms with Crippen molar-refractivity contribution in [1.29, 1.82) is 0 Å². The van der Waals surface area contributed by atoms with Gasteiger partial charge in [0.15, 0.2) is 4.67 Å². The van der Waals surface area contributed by atoms with Crippen molar-refractivity contribution in [2.45, 2.75) is 23.9 Å². The highest BCUT2D eigenvalue weighted by molar-refractivity contribution is 9.10. The lowest BCUT2D eigenvalue weighted by Gasteiger charge is -2.07. The molecular weight excluding hydrogens is 371 g/mol. The lowest BCUT2D eigenvalue weighted by Crippen LogP contribution is -2.25. The van der Waals surface area contributed by atoms with E-state index in [4.69, 9.17) is 5.11 Å². The van der Waals surface area contributed by atoms with E-state index in [9.17, 15) is 26.4 Å². The number of nitrogens with one attached hydrogen (secondary N) is 1. The van der Waals surface area contributed by atoms with E-state index in [0.717, 1.165) is 6.07 Å². The van der Waals surface area contributed by atoms with Crippen LogP contribution in [0.3, 0.4) is 0 Å². The van der Waals surface area contributed by atoms with Gasteiger partial charge in [-0.2, -0.15) is 13.2 Å². The molecule has 1 heterocycles. The van der Waals surface area contributed by atoms with Crippen molar-refractivity contribution in [3.63, 3.8) is 0 Å². The van der Waals surface area contributed by atoms with Crippen LogP contribution in [-0.4, -0.2) is 32.2 Å². The highest BCUT2D eigenvalue weighted by Crippen LogP contribution is 2.26. The fourth-order valence-corrected chi connectivity index (χ4v) is 3.23. The lowest BCUT2D eigenvalue weighted by atomic mass is 10.3. The maximum absolute atomic E-state index is 11.9. The van der Waals surface area contributed by atoms with Gasteiger partial charge in [-0.25, -0.2) is 17.9 Å². The summed E-state index contributed by atoms with van der Waals surface area (Å²) in [6, 6.07) is 0.762. The Labute approximate surface area is 120 Å². The Balaban J connectivity index is 2.72. The Morgan fingerprint density at radius 2 is 2.05 bits per heavy atom. The molecule has 0 aliphatic heterocycles. The number of carbonyl (C=O) groups is 1. The number of aromatic carboxylic acids is 1. The molecule has 0 fully saturated rings. The number of carboxylic acids is 1. The third-order valence-electron chi connectivity index (χ3n) is 2.08. The van der Waals surface area contributed by atoms with Crippen LogP contribution in [0.25, 0.3) is 0 Å². The summed E-state index contributed by atoms with van der Waals surface area (Å²) in [5, 5.41) is 8.64. The van der Waals surface area contributed by atoms with Gasteiger partial charge < -0.3 is 9.52 Å². The topological polar surface area (TPSA) is 96.6 Å². The summed E-state index contributed by atoms with van der Waals surface area (Å²) in [6.07, 6.45) is -5.91. The third-order valence-corrected chi connectivity index (χ3v) is 4.40. The Morgan fingerprint density at radius 3 is 2.50 bits per heavy atom. The number of alkyl halides is 3. The average Bonchev–Trinajstić information content (AvgIpc) is 2.66. The molecule has 0 saturated heterocycles. The molecule has 1 aromatic rings. The van der Waals surface area contributed by atoms with E-state index in [1.54, 1.807) is 0 Å². The van der Waals surface area contributed by atoms with Crippen LogP contribution in [0.1, 0.15) is 23.4 Å². The molecule has 0 aliphatic rings. The Kier molecular flexibility index (Phi) is 5.21. The van der Waals surface area contributed by atoms with Crippen molar-refractivity contribution < 1.29 is 35.9 Å². The lowest BCUT2D eigenvalue weighted by molar-refractivity contribution is -0.135. The number of hydrogen-bond acceptors (Lipinski definition) is 4. The number of furan rings is 1. The molecule has 1 rings (SSSR count). The van der Waals surface area contributed by atoms with Crippen LogP contribution in [0.2, 0.25) is 0 Å². The smallest absolute Gasteiger partial charge is 0.389 e. The average molecular weight is 380 g/mol. The minimum Gasteiger partial charge on any atom is -0.475 e. The quantitative estimate of drug-likeness (QED) is 0.739. The van der Waals surface area contributed by atoms with Gasteiger partial charge in [-0.1, -0.05) is 0 Å². The van der Waals surface area contributed by atoms with Gasteiger partial charge in [-0.05, 0) is 22.4 Å². The Morgan fingerprint density at radius 1 is 1.45 bits per heavy atom. The molecule has 0 spiro atoms. The third kappa shape index (κ3) is 4.80. The first-order valence-corrected chi connectivity index (χ1v) is 7.39. The molecule has 6 nitrogen and oxygen atoms in total. The van der Waals surface area contributed by atoms with Gasteiger partial charge in [0.05, 0.1) is 0 Å². The van der Waals surface area contributed by atoms with Crippen LogP contribution >= 0.6 is 15.9 Å². The maximum atomic E-state index is 11.9. The monoisotopic (exact) mass is 379 g/mol. The fraction of sp³-hybridized carbons (Fsp3) is 0.444. The van der Waals surface area contributed by atoms with Gasteiger partial charge in [0.1, 0.15) is 4.90 Å². The largest absolute Gasteiger partial charge is 0.475 e. The van der Waals surface area contributed by atoms with Crippen molar-refractivity contribution in [2.75, 3.05) is 6.54 Å². The molecule has 0 atom stereocenters. The van der Waals surface area contributed by atoms with Crippen LogP contribution in [0.5, 0.6) is 0 Å². The Hall–Kier alpha value is -1.07. The van der Waals surface area contributed by atoms with Crippen molar-refractivity contribution in [3.8, 4) is 0 Å². The molecule has 0 amide bonds. The second kappa shape index (κ2) is 6.14. The number of hydrogen-bond donors (Lipinski definition) is 2. The predicted molar refractivity (Wildman–Crippen MR) is 63.8 cm³/mol. The first-order chi connectivity index (χ1) is 9.03. The number of sulfonamides is 1. The number of rotatable bonds is 6. The molecule has 0 bridgehead atoms. The standard InChI is InChI=1S/C9H9BrF3NO5S/c10-7-6(4-5(19-7)8(15)16)20(17,18)14-3-1-2-9(11,12)13/h4,14H,1-3H2,(H,15,16). The summed E-state index contributed by atoms with van der Waals surface area (Å²) in [4.78, 5) is 10.1. The second-order valence-electron chi connectivity index (χ2n) is 3.67. The zero-order valence-electron chi connectivity index (χ0n) is 9.70. The summed E-state index contributed by atoms with van der Waals surface area (Å²) in [5.74, 6) is -2.07. The summed E-state index contributed by atoms with van der Waals surface area (Å²) >= 11 is 2.73. The van der Waals surface area contributed by atoms with Crippen molar-refractivity contribution in [1.82, 2.24) is 4.72 Å². The van der Waals surface area contributed by atoms with Crippen LogP contribution in [0, 0.1) is 0 Å². The zero-order valence-corrected chi connectivity index (χ0v) is 12.1. The summed E-state index contributed by atoms with van der Waals surface area (Å²) in [6.45, 7) is -0.429. The highest BCUT2D eigenvalue weighted by atomic mass is 79.9.